The Bertz CT molecular complexity index is 469. The van der Waals surface area contributed by atoms with Crippen molar-refractivity contribution in [1.29, 1.82) is 0 Å². The summed E-state index contributed by atoms with van der Waals surface area (Å²) in [6, 6.07) is 8.00. The molecule has 0 spiro atoms. The van der Waals surface area contributed by atoms with E-state index in [4.69, 9.17) is 0 Å². The Kier molecular flexibility index (Phi) is 6.83. The quantitative estimate of drug-likeness (QED) is 0.731. The molecule has 0 atom stereocenters. The first-order valence-corrected chi connectivity index (χ1v) is 8.11. The number of hydrogen-bond donors (Lipinski definition) is 2. The van der Waals surface area contributed by atoms with Crippen LogP contribution in [0.4, 0.5) is 0 Å². The summed E-state index contributed by atoms with van der Waals surface area (Å²) in [7, 11) is 4.08. The Morgan fingerprint density at radius 3 is 2.68 bits per heavy atom. The van der Waals surface area contributed by atoms with E-state index < -0.39 is 0 Å². The summed E-state index contributed by atoms with van der Waals surface area (Å²) in [5.74, 6) is 0.0244. The van der Waals surface area contributed by atoms with Gasteiger partial charge in [0.2, 0.25) is 0 Å². The van der Waals surface area contributed by atoms with Crippen LogP contribution in [0.1, 0.15) is 22.3 Å². The first-order chi connectivity index (χ1) is 10.7. The van der Waals surface area contributed by atoms with Gasteiger partial charge in [0.25, 0.3) is 5.91 Å². The zero-order chi connectivity index (χ0) is 15.8. The molecule has 5 heteroatoms. The Labute approximate surface area is 133 Å². The zero-order valence-corrected chi connectivity index (χ0v) is 13.8. The van der Waals surface area contributed by atoms with E-state index in [-0.39, 0.29) is 5.91 Å². The number of benzene rings is 1. The summed E-state index contributed by atoms with van der Waals surface area (Å²) in [6.07, 6.45) is 0.948. The van der Waals surface area contributed by atoms with Crippen LogP contribution in [0.25, 0.3) is 0 Å². The van der Waals surface area contributed by atoms with Crippen molar-refractivity contribution in [2.24, 2.45) is 0 Å². The van der Waals surface area contributed by atoms with Crippen molar-refractivity contribution in [3.63, 3.8) is 0 Å². The van der Waals surface area contributed by atoms with E-state index in [1.54, 1.807) is 0 Å². The number of carbonyl (C=O) groups excluding carboxylic acids is 1. The van der Waals surface area contributed by atoms with Gasteiger partial charge in [-0.05, 0) is 44.8 Å². The molecule has 5 nitrogen and oxygen atoms in total. The topological polar surface area (TPSA) is 47.6 Å². The van der Waals surface area contributed by atoms with Gasteiger partial charge in [-0.3, -0.25) is 9.69 Å². The monoisotopic (exact) mass is 304 g/mol. The maximum absolute atomic E-state index is 12.1. The van der Waals surface area contributed by atoms with Crippen LogP contribution in [0.5, 0.6) is 0 Å². The smallest absolute Gasteiger partial charge is 0.251 e. The normalized spacial score (nSPS) is 16.6. The molecule has 0 saturated carbocycles. The third-order valence-electron chi connectivity index (χ3n) is 4.08. The van der Waals surface area contributed by atoms with E-state index in [1.807, 2.05) is 25.2 Å². The summed E-state index contributed by atoms with van der Waals surface area (Å²) < 4.78 is 0. The second-order valence-electron chi connectivity index (χ2n) is 5.99. The van der Waals surface area contributed by atoms with Crippen LogP contribution in [0.3, 0.4) is 0 Å². The van der Waals surface area contributed by atoms with Crippen LogP contribution in [-0.4, -0.2) is 69.1 Å². The third kappa shape index (κ3) is 5.40. The molecule has 1 aliphatic rings. The average molecular weight is 304 g/mol. The predicted molar refractivity (Wildman–Crippen MR) is 90.1 cm³/mol. The van der Waals surface area contributed by atoms with Gasteiger partial charge in [-0.2, -0.15) is 0 Å². The lowest BCUT2D eigenvalue weighted by Crippen LogP contribution is -2.43. The summed E-state index contributed by atoms with van der Waals surface area (Å²) in [5, 5.41) is 6.05. The van der Waals surface area contributed by atoms with Crippen LogP contribution in [-0.2, 0) is 6.54 Å². The molecule has 122 valence electrons. The molecule has 1 aromatic rings. The van der Waals surface area contributed by atoms with E-state index in [0.29, 0.717) is 6.54 Å². The van der Waals surface area contributed by atoms with Gasteiger partial charge in [0.05, 0.1) is 0 Å². The van der Waals surface area contributed by atoms with Crippen LogP contribution in [0.15, 0.2) is 24.3 Å². The summed E-state index contributed by atoms with van der Waals surface area (Å²) in [4.78, 5) is 16.9. The van der Waals surface area contributed by atoms with Gasteiger partial charge >= 0.3 is 0 Å². The first-order valence-electron chi connectivity index (χ1n) is 8.11. The van der Waals surface area contributed by atoms with Crippen molar-refractivity contribution in [3.8, 4) is 0 Å². The van der Waals surface area contributed by atoms with E-state index in [2.05, 4.69) is 33.5 Å². The van der Waals surface area contributed by atoms with E-state index in [1.165, 1.54) is 5.56 Å². The molecule has 1 fully saturated rings. The van der Waals surface area contributed by atoms with E-state index in [9.17, 15) is 4.79 Å². The van der Waals surface area contributed by atoms with Gasteiger partial charge in [-0.1, -0.05) is 12.1 Å². The highest BCUT2D eigenvalue weighted by Crippen LogP contribution is 2.10. The van der Waals surface area contributed by atoms with Crippen molar-refractivity contribution in [2.45, 2.75) is 13.0 Å². The van der Waals surface area contributed by atoms with E-state index in [0.717, 1.165) is 51.3 Å². The number of nitrogens with zero attached hydrogens (tertiary/aromatic N) is 2. The summed E-state index contributed by atoms with van der Waals surface area (Å²) >= 11 is 0. The minimum Gasteiger partial charge on any atom is -0.352 e. The van der Waals surface area contributed by atoms with Crippen LogP contribution in [0, 0.1) is 0 Å². The lowest BCUT2D eigenvalue weighted by Gasteiger charge is -2.32. The fourth-order valence-corrected chi connectivity index (χ4v) is 2.64. The molecule has 0 aliphatic carbocycles. The van der Waals surface area contributed by atoms with Gasteiger partial charge in [0.15, 0.2) is 0 Å². The number of hydrogen-bond acceptors (Lipinski definition) is 4. The van der Waals surface area contributed by atoms with Crippen molar-refractivity contribution in [3.05, 3.63) is 35.4 Å². The number of rotatable bonds is 7. The fraction of sp³-hybridized carbons (Fsp3) is 0.588. The van der Waals surface area contributed by atoms with Gasteiger partial charge in [0.1, 0.15) is 0 Å². The van der Waals surface area contributed by atoms with Gasteiger partial charge in [0, 0.05) is 44.8 Å². The zero-order valence-electron chi connectivity index (χ0n) is 13.8. The summed E-state index contributed by atoms with van der Waals surface area (Å²) in [5.41, 5.74) is 1.98. The molecule has 1 amide bonds. The van der Waals surface area contributed by atoms with E-state index >= 15 is 0 Å². The van der Waals surface area contributed by atoms with Crippen molar-refractivity contribution >= 4 is 5.91 Å². The Hall–Kier alpha value is -1.43. The van der Waals surface area contributed by atoms with Crippen molar-refractivity contribution < 1.29 is 4.79 Å². The maximum atomic E-state index is 12.1. The first kappa shape index (κ1) is 16.9. The third-order valence-corrected chi connectivity index (χ3v) is 4.08. The largest absolute Gasteiger partial charge is 0.352 e. The summed E-state index contributed by atoms with van der Waals surface area (Å²) in [6.45, 7) is 6.98. The van der Waals surface area contributed by atoms with Crippen molar-refractivity contribution in [1.82, 2.24) is 20.4 Å². The molecular weight excluding hydrogens is 276 g/mol. The molecule has 22 heavy (non-hydrogen) atoms. The molecule has 2 rings (SSSR count). The number of likely N-dealkylation sites (N-methyl/N-ethyl adjacent to an activating group) is 1. The molecule has 0 aromatic heterocycles. The lowest BCUT2D eigenvalue weighted by atomic mass is 10.1. The van der Waals surface area contributed by atoms with Crippen LogP contribution in [0.2, 0.25) is 0 Å². The molecule has 1 aromatic carbocycles. The molecule has 2 N–H and O–H groups in total. The predicted octanol–water partition coefficient (Wildman–Crippen LogP) is 0.773. The standard InChI is InChI=1S/C17H28N4O/c1-18-7-4-8-19-17(22)16-6-3-5-15(13-16)14-21-11-9-20(2)10-12-21/h3,5-6,13,18H,4,7-12,14H2,1-2H3,(H,19,22). The fourth-order valence-electron chi connectivity index (χ4n) is 2.64. The Morgan fingerprint density at radius 1 is 1.18 bits per heavy atom. The second-order valence-corrected chi connectivity index (χ2v) is 5.99. The maximum Gasteiger partial charge on any atom is 0.251 e. The van der Waals surface area contributed by atoms with Crippen molar-refractivity contribution in [2.75, 3.05) is 53.4 Å². The highest BCUT2D eigenvalue weighted by atomic mass is 16.1. The number of nitrogens with one attached hydrogen (secondary N) is 2. The highest BCUT2D eigenvalue weighted by molar-refractivity contribution is 5.94. The minimum absolute atomic E-state index is 0.0244. The molecule has 1 aliphatic heterocycles. The molecule has 1 heterocycles. The molecule has 0 radical (unpaired) electrons. The molecular formula is C17H28N4O. The highest BCUT2D eigenvalue weighted by Gasteiger charge is 2.14. The average Bonchev–Trinajstić information content (AvgIpc) is 2.54. The second kappa shape index (κ2) is 8.88. The van der Waals surface area contributed by atoms with Crippen LogP contribution >= 0.6 is 0 Å². The number of piperazine rings is 1. The van der Waals surface area contributed by atoms with Gasteiger partial charge in [-0.25, -0.2) is 0 Å². The van der Waals surface area contributed by atoms with Crippen LogP contribution < -0.4 is 10.6 Å². The Balaban J connectivity index is 1.85. The lowest BCUT2D eigenvalue weighted by molar-refractivity contribution is 0.0953. The molecule has 1 saturated heterocycles. The number of carbonyl (C=O) groups is 1. The molecule has 0 unspecified atom stereocenters. The van der Waals surface area contributed by atoms with Gasteiger partial charge in [-0.15, -0.1) is 0 Å². The molecule has 0 bridgehead atoms. The SMILES string of the molecule is CNCCCNC(=O)c1cccc(CN2CCN(C)CC2)c1. The van der Waals surface area contributed by atoms with Gasteiger partial charge < -0.3 is 15.5 Å². The Morgan fingerprint density at radius 2 is 1.95 bits per heavy atom. The number of amides is 1. The minimum atomic E-state index is 0.0244.